The summed E-state index contributed by atoms with van der Waals surface area (Å²) < 4.78 is 0. The second kappa shape index (κ2) is 5.66. The third-order valence-corrected chi connectivity index (χ3v) is 5.06. The van der Waals surface area contributed by atoms with Crippen LogP contribution in [0.2, 0.25) is 0 Å². The SMILES string of the molecule is O[C@@H]1CN(c2nccs2)C[C@H]1Cc1ccc2ccccc2n1. The van der Waals surface area contributed by atoms with Gasteiger partial charge in [0.25, 0.3) is 0 Å². The number of benzene rings is 1. The lowest BCUT2D eigenvalue weighted by Gasteiger charge is -2.14. The number of aromatic nitrogens is 2. The van der Waals surface area contributed by atoms with Crippen LogP contribution in [-0.4, -0.2) is 34.3 Å². The summed E-state index contributed by atoms with van der Waals surface area (Å²) in [7, 11) is 0. The summed E-state index contributed by atoms with van der Waals surface area (Å²) >= 11 is 1.62. The topological polar surface area (TPSA) is 49.2 Å². The van der Waals surface area contributed by atoms with Crippen LogP contribution in [0.15, 0.2) is 48.0 Å². The number of β-amino-alcohol motifs (C(OH)–C–C–N with tert-alkyl or cyclic N) is 1. The lowest BCUT2D eigenvalue weighted by atomic mass is 9.99. The van der Waals surface area contributed by atoms with Gasteiger partial charge in [-0.2, -0.15) is 0 Å². The predicted octanol–water partition coefficient (Wildman–Crippen LogP) is 2.73. The van der Waals surface area contributed by atoms with Crippen molar-refractivity contribution >= 4 is 27.4 Å². The number of rotatable bonds is 3. The highest BCUT2D eigenvalue weighted by Crippen LogP contribution is 2.28. The number of pyridine rings is 1. The maximum absolute atomic E-state index is 10.3. The van der Waals surface area contributed by atoms with Crippen LogP contribution in [0.4, 0.5) is 5.13 Å². The molecule has 22 heavy (non-hydrogen) atoms. The van der Waals surface area contributed by atoms with Gasteiger partial charge < -0.3 is 10.0 Å². The normalized spacial score (nSPS) is 21.6. The first kappa shape index (κ1) is 13.7. The second-order valence-corrected chi connectivity index (χ2v) is 6.62. The molecular weight excluding hydrogens is 294 g/mol. The van der Waals surface area contributed by atoms with Crippen LogP contribution in [0.25, 0.3) is 10.9 Å². The number of aliphatic hydroxyl groups excluding tert-OH is 1. The molecule has 1 aliphatic heterocycles. The largest absolute Gasteiger partial charge is 0.391 e. The number of thiazole rings is 1. The Morgan fingerprint density at radius 3 is 2.95 bits per heavy atom. The molecule has 2 aromatic heterocycles. The van der Waals surface area contributed by atoms with Crippen LogP contribution < -0.4 is 4.90 Å². The van der Waals surface area contributed by atoms with E-state index in [0.29, 0.717) is 6.54 Å². The zero-order chi connectivity index (χ0) is 14.9. The molecule has 1 N–H and O–H groups in total. The highest BCUT2D eigenvalue weighted by molar-refractivity contribution is 7.13. The first-order valence-corrected chi connectivity index (χ1v) is 8.35. The van der Waals surface area contributed by atoms with E-state index in [4.69, 9.17) is 4.98 Å². The lowest BCUT2D eigenvalue weighted by Crippen LogP contribution is -2.20. The molecule has 0 unspecified atom stereocenters. The molecule has 0 aliphatic carbocycles. The van der Waals surface area contributed by atoms with Gasteiger partial charge in [-0.1, -0.05) is 24.3 Å². The third kappa shape index (κ3) is 2.58. The van der Waals surface area contributed by atoms with Gasteiger partial charge in [0.2, 0.25) is 0 Å². The summed E-state index contributed by atoms with van der Waals surface area (Å²) in [6.45, 7) is 1.49. The molecule has 5 heteroatoms. The summed E-state index contributed by atoms with van der Waals surface area (Å²) in [6.07, 6.45) is 2.29. The molecule has 1 aliphatic rings. The second-order valence-electron chi connectivity index (χ2n) is 5.75. The predicted molar refractivity (Wildman–Crippen MR) is 89.3 cm³/mol. The molecule has 4 nitrogen and oxygen atoms in total. The number of hydrogen-bond acceptors (Lipinski definition) is 5. The van der Waals surface area contributed by atoms with E-state index >= 15 is 0 Å². The number of anilines is 1. The third-order valence-electron chi connectivity index (χ3n) is 4.22. The van der Waals surface area contributed by atoms with Crippen molar-refractivity contribution in [1.82, 2.24) is 9.97 Å². The summed E-state index contributed by atoms with van der Waals surface area (Å²) in [6, 6.07) is 12.3. The first-order chi connectivity index (χ1) is 10.8. The van der Waals surface area contributed by atoms with E-state index in [0.717, 1.165) is 34.7 Å². The molecule has 0 saturated carbocycles. The quantitative estimate of drug-likeness (QED) is 0.808. The molecule has 112 valence electrons. The molecule has 3 aromatic rings. The van der Waals surface area contributed by atoms with Gasteiger partial charge in [-0.3, -0.25) is 4.98 Å². The fourth-order valence-corrected chi connectivity index (χ4v) is 3.74. The molecule has 1 aromatic carbocycles. The molecule has 1 saturated heterocycles. The van der Waals surface area contributed by atoms with Gasteiger partial charge in [0.15, 0.2) is 5.13 Å². The van der Waals surface area contributed by atoms with Crippen molar-refractivity contribution in [2.75, 3.05) is 18.0 Å². The van der Waals surface area contributed by atoms with Crippen molar-refractivity contribution in [2.45, 2.75) is 12.5 Å². The van der Waals surface area contributed by atoms with E-state index in [-0.39, 0.29) is 12.0 Å². The number of hydrogen-bond donors (Lipinski definition) is 1. The van der Waals surface area contributed by atoms with E-state index in [2.05, 4.69) is 28.1 Å². The number of para-hydroxylation sites is 1. The minimum atomic E-state index is -0.322. The van der Waals surface area contributed by atoms with Gasteiger partial charge in [-0.15, -0.1) is 11.3 Å². The molecule has 0 radical (unpaired) electrons. The van der Waals surface area contributed by atoms with Crippen LogP contribution in [0, 0.1) is 5.92 Å². The standard InChI is InChI=1S/C17H17N3OS/c21-16-11-20(17-18-7-8-22-17)10-13(16)9-14-6-5-12-3-1-2-4-15(12)19-14/h1-8,13,16,21H,9-11H2/t13-,16-/m1/s1. The molecular formula is C17H17N3OS. The van der Waals surface area contributed by atoms with Crippen LogP contribution in [0.5, 0.6) is 0 Å². The van der Waals surface area contributed by atoms with Gasteiger partial charge in [-0.05, 0) is 18.6 Å². The summed E-state index contributed by atoms with van der Waals surface area (Å²) in [5.74, 6) is 0.206. The van der Waals surface area contributed by atoms with Crippen LogP contribution in [0.3, 0.4) is 0 Å². The van der Waals surface area contributed by atoms with Crippen molar-refractivity contribution < 1.29 is 5.11 Å². The van der Waals surface area contributed by atoms with E-state index in [1.165, 1.54) is 0 Å². The first-order valence-electron chi connectivity index (χ1n) is 7.47. The highest BCUT2D eigenvalue weighted by atomic mass is 32.1. The maximum atomic E-state index is 10.3. The summed E-state index contributed by atoms with van der Waals surface area (Å²) in [4.78, 5) is 11.2. The van der Waals surface area contributed by atoms with Crippen molar-refractivity contribution in [3.8, 4) is 0 Å². The zero-order valence-corrected chi connectivity index (χ0v) is 12.9. The van der Waals surface area contributed by atoms with E-state index in [9.17, 15) is 5.11 Å². The van der Waals surface area contributed by atoms with Crippen molar-refractivity contribution in [1.29, 1.82) is 0 Å². The smallest absolute Gasteiger partial charge is 0.185 e. The Morgan fingerprint density at radius 2 is 2.09 bits per heavy atom. The molecule has 1 fully saturated rings. The minimum Gasteiger partial charge on any atom is -0.391 e. The van der Waals surface area contributed by atoms with Gasteiger partial charge in [0, 0.05) is 41.7 Å². The van der Waals surface area contributed by atoms with Gasteiger partial charge in [0.1, 0.15) is 0 Å². The van der Waals surface area contributed by atoms with E-state index in [1.807, 2.05) is 29.8 Å². The Labute approximate surface area is 133 Å². The number of fused-ring (bicyclic) bond motifs is 1. The monoisotopic (exact) mass is 311 g/mol. The zero-order valence-electron chi connectivity index (χ0n) is 12.1. The minimum absolute atomic E-state index is 0.206. The average molecular weight is 311 g/mol. The Morgan fingerprint density at radius 1 is 1.18 bits per heavy atom. The van der Waals surface area contributed by atoms with Gasteiger partial charge >= 0.3 is 0 Å². The maximum Gasteiger partial charge on any atom is 0.185 e. The van der Waals surface area contributed by atoms with Crippen LogP contribution >= 0.6 is 11.3 Å². The van der Waals surface area contributed by atoms with Gasteiger partial charge in [0.05, 0.1) is 11.6 Å². The Bertz CT molecular complexity index is 774. The van der Waals surface area contributed by atoms with Crippen LogP contribution in [0.1, 0.15) is 5.69 Å². The summed E-state index contributed by atoms with van der Waals surface area (Å²) in [5, 5.41) is 14.5. The van der Waals surface area contributed by atoms with Crippen molar-refractivity contribution in [3.05, 3.63) is 53.7 Å². The van der Waals surface area contributed by atoms with E-state index in [1.54, 1.807) is 11.3 Å². The lowest BCUT2D eigenvalue weighted by molar-refractivity contribution is 0.148. The molecule has 2 atom stereocenters. The van der Waals surface area contributed by atoms with Crippen LogP contribution in [-0.2, 0) is 6.42 Å². The average Bonchev–Trinajstić information content (AvgIpc) is 3.18. The summed E-state index contributed by atoms with van der Waals surface area (Å²) in [5.41, 5.74) is 2.06. The number of nitrogens with zero attached hydrogens (tertiary/aromatic N) is 3. The Balaban J connectivity index is 1.52. The molecule has 3 heterocycles. The number of aliphatic hydroxyl groups is 1. The fraction of sp³-hybridized carbons (Fsp3) is 0.294. The molecule has 0 amide bonds. The molecule has 0 bridgehead atoms. The fourth-order valence-electron chi connectivity index (χ4n) is 3.07. The van der Waals surface area contributed by atoms with Crippen molar-refractivity contribution in [2.24, 2.45) is 5.92 Å². The van der Waals surface area contributed by atoms with E-state index < -0.39 is 0 Å². The molecule has 0 spiro atoms. The van der Waals surface area contributed by atoms with Gasteiger partial charge in [-0.25, -0.2) is 4.98 Å². The Kier molecular flexibility index (Phi) is 3.52. The van der Waals surface area contributed by atoms with Crippen molar-refractivity contribution in [3.63, 3.8) is 0 Å². The molecule has 4 rings (SSSR count). The highest BCUT2D eigenvalue weighted by Gasteiger charge is 2.32. The Hall–Kier alpha value is -1.98.